The number of carbonyl (C=O) groups excluding carboxylic acids is 3. The minimum atomic E-state index is -0.330. The van der Waals surface area contributed by atoms with Crippen LogP contribution in [0.5, 0.6) is 17.2 Å². The zero-order valence-corrected chi connectivity index (χ0v) is 20.8. The normalized spacial score (nSPS) is 15.4. The molecule has 0 atom stereocenters. The number of carbonyl (C=O) groups is 3. The highest BCUT2D eigenvalue weighted by atomic mass is 16.5. The van der Waals surface area contributed by atoms with Gasteiger partial charge in [-0.1, -0.05) is 6.08 Å². The number of ether oxygens (including phenoxy) is 3. The number of nitrogens with zero attached hydrogens (tertiary/aromatic N) is 2. The Morgan fingerprint density at radius 2 is 1.64 bits per heavy atom. The molecule has 9 heteroatoms. The number of nitrogens with one attached hydrogen (secondary N) is 1. The van der Waals surface area contributed by atoms with Gasteiger partial charge < -0.3 is 29.3 Å². The largest absolute Gasteiger partial charge is 0.496 e. The van der Waals surface area contributed by atoms with Gasteiger partial charge in [-0.2, -0.15) is 0 Å². The third-order valence-corrected chi connectivity index (χ3v) is 6.51. The predicted octanol–water partition coefficient (Wildman–Crippen LogP) is 2.88. The molecular formula is C27H31N3O6. The van der Waals surface area contributed by atoms with Gasteiger partial charge in [0.15, 0.2) is 0 Å². The second kappa shape index (κ2) is 11.2. The molecule has 2 aliphatic rings. The summed E-state index contributed by atoms with van der Waals surface area (Å²) in [5.41, 5.74) is 3.10. The summed E-state index contributed by atoms with van der Waals surface area (Å²) in [7, 11) is 4.78. The summed E-state index contributed by atoms with van der Waals surface area (Å²) < 4.78 is 16.4. The lowest BCUT2D eigenvalue weighted by molar-refractivity contribution is -0.129. The van der Waals surface area contributed by atoms with E-state index in [4.69, 9.17) is 14.2 Å². The molecule has 0 bridgehead atoms. The number of hydrogen-bond donors (Lipinski definition) is 1. The zero-order chi connectivity index (χ0) is 25.7. The summed E-state index contributed by atoms with van der Waals surface area (Å²) in [4.78, 5) is 40.6. The molecule has 0 unspecified atom stereocenters. The van der Waals surface area contributed by atoms with E-state index in [0.717, 1.165) is 23.2 Å². The van der Waals surface area contributed by atoms with Crippen LogP contribution in [0.15, 0.2) is 42.5 Å². The van der Waals surface area contributed by atoms with Crippen molar-refractivity contribution < 1.29 is 28.6 Å². The van der Waals surface area contributed by atoms with Crippen molar-refractivity contribution in [2.45, 2.75) is 19.3 Å². The first-order chi connectivity index (χ1) is 17.4. The minimum Gasteiger partial charge on any atom is -0.496 e. The van der Waals surface area contributed by atoms with Gasteiger partial charge in [-0.05, 0) is 42.7 Å². The smallest absolute Gasteiger partial charge is 0.251 e. The van der Waals surface area contributed by atoms with Crippen LogP contribution >= 0.6 is 0 Å². The average molecular weight is 494 g/mol. The Morgan fingerprint density at radius 3 is 2.17 bits per heavy atom. The Hall–Kier alpha value is -4.01. The van der Waals surface area contributed by atoms with Crippen molar-refractivity contribution in [3.8, 4) is 17.2 Å². The maximum Gasteiger partial charge on any atom is 0.251 e. The molecule has 9 nitrogen and oxygen atoms in total. The molecule has 2 aromatic rings. The fourth-order valence-electron chi connectivity index (χ4n) is 4.53. The van der Waals surface area contributed by atoms with E-state index in [2.05, 4.69) is 5.32 Å². The summed E-state index contributed by atoms with van der Waals surface area (Å²) in [6.07, 6.45) is 4.00. The highest BCUT2D eigenvalue weighted by molar-refractivity contribution is 5.98. The third-order valence-electron chi connectivity index (χ3n) is 6.51. The van der Waals surface area contributed by atoms with Gasteiger partial charge >= 0.3 is 0 Å². The number of amides is 3. The summed E-state index contributed by atoms with van der Waals surface area (Å²) in [5.74, 6) is 1.53. The van der Waals surface area contributed by atoms with E-state index in [1.807, 2.05) is 6.08 Å². The van der Waals surface area contributed by atoms with Crippen LogP contribution < -0.4 is 24.4 Å². The molecule has 0 spiro atoms. The van der Waals surface area contributed by atoms with E-state index in [9.17, 15) is 14.4 Å². The van der Waals surface area contributed by atoms with Crippen LogP contribution in [-0.2, 0) is 9.59 Å². The molecular weight excluding hydrogens is 462 g/mol. The van der Waals surface area contributed by atoms with E-state index in [1.165, 1.54) is 0 Å². The van der Waals surface area contributed by atoms with Crippen LogP contribution in [0.2, 0.25) is 0 Å². The molecule has 2 aromatic carbocycles. The van der Waals surface area contributed by atoms with Gasteiger partial charge in [0.05, 0.1) is 33.4 Å². The second-order valence-corrected chi connectivity index (χ2v) is 8.60. The average Bonchev–Trinajstić information content (AvgIpc) is 3.36. The molecule has 190 valence electrons. The van der Waals surface area contributed by atoms with Gasteiger partial charge in [0.2, 0.25) is 11.8 Å². The summed E-state index contributed by atoms with van der Waals surface area (Å²) in [6.45, 7) is 1.53. The van der Waals surface area contributed by atoms with Gasteiger partial charge in [-0.15, -0.1) is 0 Å². The number of benzene rings is 2. The minimum absolute atomic E-state index is 0.0937. The molecule has 36 heavy (non-hydrogen) atoms. The van der Waals surface area contributed by atoms with Crippen molar-refractivity contribution in [3.63, 3.8) is 0 Å². The number of anilines is 1. The maximum atomic E-state index is 12.7. The Labute approximate surface area is 210 Å². The topological polar surface area (TPSA) is 97.4 Å². The zero-order valence-electron chi connectivity index (χ0n) is 20.8. The number of methoxy groups -OCH3 is 3. The fraction of sp³-hybridized carbons (Fsp3) is 0.370. The molecule has 1 N–H and O–H groups in total. The molecule has 1 fully saturated rings. The van der Waals surface area contributed by atoms with Crippen LogP contribution in [0, 0.1) is 0 Å². The molecule has 1 saturated heterocycles. The van der Waals surface area contributed by atoms with Gasteiger partial charge in [-0.3, -0.25) is 14.4 Å². The van der Waals surface area contributed by atoms with Crippen LogP contribution in [0.1, 0.15) is 35.2 Å². The molecule has 2 heterocycles. The van der Waals surface area contributed by atoms with Crippen molar-refractivity contribution in [2.75, 3.05) is 52.4 Å². The summed E-state index contributed by atoms with van der Waals surface area (Å²) in [6, 6.07) is 10.5. The van der Waals surface area contributed by atoms with Crippen molar-refractivity contribution in [1.82, 2.24) is 10.2 Å². The molecule has 2 aliphatic heterocycles. The van der Waals surface area contributed by atoms with E-state index in [0.29, 0.717) is 55.3 Å². The molecule has 4 rings (SSSR count). The Bertz CT molecular complexity index is 1150. The van der Waals surface area contributed by atoms with Crippen LogP contribution in [0.25, 0.3) is 5.57 Å². The summed E-state index contributed by atoms with van der Waals surface area (Å²) in [5, 5.41) is 2.70. The van der Waals surface area contributed by atoms with Crippen LogP contribution in [0.3, 0.4) is 0 Å². The lowest BCUT2D eigenvalue weighted by Gasteiger charge is -2.28. The first-order valence-electron chi connectivity index (χ1n) is 11.9. The number of hydrogen-bond acceptors (Lipinski definition) is 6. The molecule has 0 aromatic heterocycles. The highest BCUT2D eigenvalue weighted by Gasteiger charge is 2.24. The monoisotopic (exact) mass is 493 g/mol. The van der Waals surface area contributed by atoms with Crippen LogP contribution in [-0.4, -0.2) is 70.1 Å². The standard InChI is InChI=1S/C27H31N3O6/c1-34-21-15-22(35-2)26(23(16-21)36-3)18-10-13-29(14-11-18)25(32)17-28-27(33)19-6-8-20(9-7-19)30-12-4-5-24(30)31/h6-10,15-16H,4-5,11-14,17H2,1-3H3,(H,28,33). The van der Waals surface area contributed by atoms with Crippen molar-refractivity contribution in [3.05, 3.63) is 53.6 Å². The van der Waals surface area contributed by atoms with E-state index >= 15 is 0 Å². The maximum absolute atomic E-state index is 12.7. The SMILES string of the molecule is COc1cc(OC)c(C2=CCN(C(=O)CNC(=O)c3ccc(N4CCCC4=O)cc3)CC2)c(OC)c1. The summed E-state index contributed by atoms with van der Waals surface area (Å²) >= 11 is 0. The number of rotatable bonds is 8. The van der Waals surface area contributed by atoms with E-state index in [1.54, 1.807) is 67.5 Å². The van der Waals surface area contributed by atoms with Gasteiger partial charge in [-0.25, -0.2) is 0 Å². The van der Waals surface area contributed by atoms with Gasteiger partial charge in [0.1, 0.15) is 17.2 Å². The molecule has 3 amide bonds. The predicted molar refractivity (Wildman–Crippen MR) is 136 cm³/mol. The third kappa shape index (κ3) is 5.30. The Kier molecular flexibility index (Phi) is 7.77. The first kappa shape index (κ1) is 25.1. The van der Waals surface area contributed by atoms with Gasteiger partial charge in [0, 0.05) is 49.4 Å². The first-order valence-corrected chi connectivity index (χ1v) is 11.9. The molecule has 0 aliphatic carbocycles. The van der Waals surface area contributed by atoms with Crippen LogP contribution in [0.4, 0.5) is 5.69 Å². The van der Waals surface area contributed by atoms with Crippen molar-refractivity contribution in [2.24, 2.45) is 0 Å². The van der Waals surface area contributed by atoms with E-state index < -0.39 is 0 Å². The second-order valence-electron chi connectivity index (χ2n) is 8.60. The quantitative estimate of drug-likeness (QED) is 0.608. The van der Waals surface area contributed by atoms with Crippen molar-refractivity contribution in [1.29, 1.82) is 0 Å². The fourth-order valence-corrected chi connectivity index (χ4v) is 4.53. The Morgan fingerprint density at radius 1 is 0.944 bits per heavy atom. The highest BCUT2D eigenvalue weighted by Crippen LogP contribution is 2.40. The molecule has 0 saturated carbocycles. The van der Waals surface area contributed by atoms with Crippen molar-refractivity contribution >= 4 is 29.0 Å². The molecule has 0 radical (unpaired) electrons. The lowest BCUT2D eigenvalue weighted by Crippen LogP contribution is -2.42. The van der Waals surface area contributed by atoms with E-state index in [-0.39, 0.29) is 24.3 Å². The Balaban J connectivity index is 1.35. The van der Waals surface area contributed by atoms with Gasteiger partial charge in [0.25, 0.3) is 5.91 Å². The lowest BCUT2D eigenvalue weighted by atomic mass is 9.97.